The van der Waals surface area contributed by atoms with E-state index >= 15 is 0 Å². The van der Waals surface area contributed by atoms with Gasteiger partial charge in [0, 0.05) is 33.3 Å². The van der Waals surface area contributed by atoms with E-state index in [0.29, 0.717) is 18.8 Å². The largest absolute Gasteiger partial charge is 0.476 e. The Bertz CT molecular complexity index is 502. The maximum atomic E-state index is 11.8. The third kappa shape index (κ3) is 4.56. The molecule has 0 spiro atoms. The molecular formula is C13H21N3O4. The highest BCUT2D eigenvalue weighted by Gasteiger charge is 2.20. The van der Waals surface area contributed by atoms with E-state index in [1.807, 2.05) is 0 Å². The van der Waals surface area contributed by atoms with Crippen LogP contribution in [0.3, 0.4) is 0 Å². The molecule has 1 rings (SSSR count). The first-order valence-corrected chi connectivity index (χ1v) is 6.30. The van der Waals surface area contributed by atoms with E-state index < -0.39 is 17.7 Å². The minimum absolute atomic E-state index is 0.00224. The molecule has 0 saturated carbocycles. The molecule has 0 aliphatic heterocycles. The van der Waals surface area contributed by atoms with Crippen molar-refractivity contribution in [1.82, 2.24) is 14.5 Å². The van der Waals surface area contributed by atoms with Gasteiger partial charge in [0.1, 0.15) is 11.4 Å². The lowest BCUT2D eigenvalue weighted by Crippen LogP contribution is -2.35. The predicted molar refractivity (Wildman–Crippen MR) is 72.7 cm³/mol. The summed E-state index contributed by atoms with van der Waals surface area (Å²) >= 11 is 0. The standard InChI is InChI=1S/C13H21N3O4/c1-13(2,3)20-12(19)15(4)7-6-10-14-9(11(17)18)8-16(10)5/h8H,6-7H2,1-5H3,(H,17,18). The van der Waals surface area contributed by atoms with Gasteiger partial charge in [-0.3, -0.25) is 0 Å². The van der Waals surface area contributed by atoms with Gasteiger partial charge in [0.2, 0.25) is 0 Å². The molecule has 0 unspecified atom stereocenters. The summed E-state index contributed by atoms with van der Waals surface area (Å²) in [6.45, 7) is 5.81. The van der Waals surface area contributed by atoms with Gasteiger partial charge in [0.25, 0.3) is 0 Å². The smallest absolute Gasteiger partial charge is 0.410 e. The lowest BCUT2D eigenvalue weighted by molar-refractivity contribution is 0.0299. The summed E-state index contributed by atoms with van der Waals surface area (Å²) in [6.07, 6.45) is 1.50. The second kappa shape index (κ2) is 5.94. The number of carboxylic acid groups (broad SMARTS) is 1. The van der Waals surface area contributed by atoms with Gasteiger partial charge in [0.05, 0.1) is 0 Å². The van der Waals surface area contributed by atoms with Crippen molar-refractivity contribution in [3.63, 3.8) is 0 Å². The van der Waals surface area contributed by atoms with Crippen LogP contribution in [0.5, 0.6) is 0 Å². The van der Waals surface area contributed by atoms with Crippen molar-refractivity contribution in [3.8, 4) is 0 Å². The fourth-order valence-electron chi connectivity index (χ4n) is 1.54. The van der Waals surface area contributed by atoms with Gasteiger partial charge in [0.15, 0.2) is 5.69 Å². The average Bonchev–Trinajstić information content (AvgIpc) is 2.65. The van der Waals surface area contributed by atoms with Crippen LogP contribution in [0, 0.1) is 0 Å². The quantitative estimate of drug-likeness (QED) is 0.905. The zero-order chi connectivity index (χ0) is 15.5. The molecule has 1 N–H and O–H groups in total. The highest BCUT2D eigenvalue weighted by Crippen LogP contribution is 2.10. The van der Waals surface area contributed by atoms with Gasteiger partial charge in [-0.25, -0.2) is 14.6 Å². The highest BCUT2D eigenvalue weighted by molar-refractivity contribution is 5.85. The molecule has 1 heterocycles. The third-order valence-corrected chi connectivity index (χ3v) is 2.57. The van der Waals surface area contributed by atoms with Gasteiger partial charge < -0.3 is 19.3 Å². The number of carboxylic acids is 1. The summed E-state index contributed by atoms with van der Waals surface area (Å²) in [5.74, 6) is -0.454. The first kappa shape index (κ1) is 16.0. The topological polar surface area (TPSA) is 84.7 Å². The first-order valence-electron chi connectivity index (χ1n) is 6.30. The minimum atomic E-state index is -1.06. The third-order valence-electron chi connectivity index (χ3n) is 2.57. The number of hydrogen-bond donors (Lipinski definition) is 1. The van der Waals surface area contributed by atoms with Gasteiger partial charge in [-0.05, 0) is 20.8 Å². The molecule has 0 radical (unpaired) electrons. The van der Waals surface area contributed by atoms with Crippen molar-refractivity contribution in [3.05, 3.63) is 17.7 Å². The lowest BCUT2D eigenvalue weighted by atomic mass is 10.2. The van der Waals surface area contributed by atoms with Crippen molar-refractivity contribution in [2.24, 2.45) is 7.05 Å². The van der Waals surface area contributed by atoms with Crippen LogP contribution in [-0.2, 0) is 18.2 Å². The average molecular weight is 283 g/mol. The molecule has 0 atom stereocenters. The van der Waals surface area contributed by atoms with Gasteiger partial charge >= 0.3 is 12.1 Å². The van der Waals surface area contributed by atoms with Crippen LogP contribution in [0.4, 0.5) is 4.79 Å². The number of imidazole rings is 1. The van der Waals surface area contributed by atoms with E-state index in [1.165, 1.54) is 11.1 Å². The van der Waals surface area contributed by atoms with Crippen molar-refractivity contribution in [2.75, 3.05) is 13.6 Å². The lowest BCUT2D eigenvalue weighted by Gasteiger charge is -2.24. The number of likely N-dealkylation sites (N-methyl/N-ethyl adjacent to an activating group) is 1. The minimum Gasteiger partial charge on any atom is -0.476 e. The molecule has 1 amide bonds. The van der Waals surface area contributed by atoms with E-state index in [2.05, 4.69) is 4.98 Å². The Hall–Kier alpha value is -2.05. The Morgan fingerprint density at radius 3 is 2.50 bits per heavy atom. The zero-order valence-corrected chi connectivity index (χ0v) is 12.5. The number of carbonyl (C=O) groups is 2. The van der Waals surface area contributed by atoms with Crippen LogP contribution < -0.4 is 0 Å². The number of aromatic nitrogens is 2. The Balaban J connectivity index is 2.59. The van der Waals surface area contributed by atoms with Crippen LogP contribution in [0.25, 0.3) is 0 Å². The maximum absolute atomic E-state index is 11.8. The van der Waals surface area contributed by atoms with Gasteiger partial charge in [-0.2, -0.15) is 0 Å². The number of aryl methyl sites for hydroxylation is 1. The van der Waals surface area contributed by atoms with Crippen molar-refractivity contribution in [2.45, 2.75) is 32.8 Å². The molecule has 0 fully saturated rings. The normalized spacial score (nSPS) is 11.2. The van der Waals surface area contributed by atoms with Gasteiger partial charge in [-0.1, -0.05) is 0 Å². The number of ether oxygens (including phenoxy) is 1. The predicted octanol–water partition coefficient (Wildman–Crippen LogP) is 1.53. The number of nitrogens with zero attached hydrogens (tertiary/aromatic N) is 3. The summed E-state index contributed by atoms with van der Waals surface area (Å²) in [7, 11) is 3.36. The molecule has 7 nitrogen and oxygen atoms in total. The van der Waals surface area contributed by atoms with Crippen LogP contribution in [0.2, 0.25) is 0 Å². The summed E-state index contributed by atoms with van der Waals surface area (Å²) in [5, 5.41) is 8.86. The Kier molecular flexibility index (Phi) is 4.75. The van der Waals surface area contributed by atoms with Crippen molar-refractivity contribution in [1.29, 1.82) is 0 Å². The Labute approximate surface area is 118 Å². The second-order valence-electron chi connectivity index (χ2n) is 5.61. The Morgan fingerprint density at radius 1 is 1.45 bits per heavy atom. The summed E-state index contributed by atoms with van der Waals surface area (Å²) in [5.41, 5.74) is -0.534. The molecule has 112 valence electrons. The van der Waals surface area contributed by atoms with Crippen LogP contribution in [0.15, 0.2) is 6.20 Å². The fourth-order valence-corrected chi connectivity index (χ4v) is 1.54. The number of carbonyl (C=O) groups excluding carboxylic acids is 1. The molecular weight excluding hydrogens is 262 g/mol. The molecule has 0 aliphatic carbocycles. The molecule has 1 aromatic rings. The molecule has 0 bridgehead atoms. The van der Waals surface area contributed by atoms with Crippen molar-refractivity contribution < 1.29 is 19.4 Å². The fraction of sp³-hybridized carbons (Fsp3) is 0.615. The van der Waals surface area contributed by atoms with Crippen molar-refractivity contribution >= 4 is 12.1 Å². The number of rotatable bonds is 4. The van der Waals surface area contributed by atoms with E-state index in [4.69, 9.17) is 9.84 Å². The van der Waals surface area contributed by atoms with Crippen LogP contribution in [-0.4, -0.2) is 50.8 Å². The number of hydrogen-bond acceptors (Lipinski definition) is 4. The van der Waals surface area contributed by atoms with E-state index in [0.717, 1.165) is 0 Å². The monoisotopic (exact) mass is 283 g/mol. The molecule has 0 saturated heterocycles. The zero-order valence-electron chi connectivity index (χ0n) is 12.5. The van der Waals surface area contributed by atoms with Crippen LogP contribution >= 0.6 is 0 Å². The number of amides is 1. The molecule has 0 aliphatic rings. The SMILES string of the molecule is CN(CCc1nc(C(=O)O)cn1C)C(=O)OC(C)(C)C. The maximum Gasteiger partial charge on any atom is 0.410 e. The highest BCUT2D eigenvalue weighted by atomic mass is 16.6. The molecule has 1 aromatic heterocycles. The van der Waals surface area contributed by atoms with E-state index in [9.17, 15) is 9.59 Å². The van der Waals surface area contributed by atoms with E-state index in [-0.39, 0.29) is 5.69 Å². The van der Waals surface area contributed by atoms with Crippen LogP contribution in [0.1, 0.15) is 37.1 Å². The second-order valence-corrected chi connectivity index (χ2v) is 5.61. The number of aromatic carboxylic acids is 1. The van der Waals surface area contributed by atoms with Gasteiger partial charge in [-0.15, -0.1) is 0 Å². The molecule has 7 heteroatoms. The molecule has 0 aromatic carbocycles. The summed E-state index contributed by atoms with van der Waals surface area (Å²) in [6, 6.07) is 0. The Morgan fingerprint density at radius 2 is 2.05 bits per heavy atom. The molecule has 20 heavy (non-hydrogen) atoms. The summed E-state index contributed by atoms with van der Waals surface area (Å²) < 4.78 is 6.87. The summed E-state index contributed by atoms with van der Waals surface area (Å²) in [4.78, 5) is 28.0. The van der Waals surface area contributed by atoms with E-state index in [1.54, 1.807) is 39.4 Å². The first-order chi connectivity index (χ1) is 9.10.